The molecule has 2 aromatic rings. The molecule has 0 saturated carbocycles. The monoisotopic (exact) mass is 396 g/mol. The van der Waals surface area contributed by atoms with Crippen molar-refractivity contribution in [2.24, 2.45) is 5.73 Å². The summed E-state index contributed by atoms with van der Waals surface area (Å²) in [6.45, 7) is 2.21. The number of nitriles is 1. The van der Waals surface area contributed by atoms with E-state index in [-0.39, 0.29) is 16.2 Å². The predicted molar refractivity (Wildman–Crippen MR) is 110 cm³/mol. The number of rotatable bonds is 6. The Morgan fingerprint density at radius 1 is 1.18 bits per heavy atom. The maximum Gasteiger partial charge on any atom is 0.306 e. The zero-order chi connectivity index (χ0) is 20.2. The number of benzene rings is 2. The maximum absolute atomic E-state index is 13.0. The zero-order valence-corrected chi connectivity index (χ0v) is 16.4. The van der Waals surface area contributed by atoms with E-state index < -0.39 is 10.0 Å². The molecule has 0 fully saturated rings. The molecule has 3 rings (SSSR count). The lowest BCUT2D eigenvalue weighted by atomic mass is 10.2. The number of nitrogens with two attached hydrogens (primary N) is 1. The van der Waals surface area contributed by atoms with Crippen molar-refractivity contribution in [3.05, 3.63) is 78.0 Å². The van der Waals surface area contributed by atoms with Crippen LogP contribution in [0.3, 0.4) is 0 Å². The zero-order valence-electron chi connectivity index (χ0n) is 15.6. The average molecular weight is 396 g/mol. The summed E-state index contributed by atoms with van der Waals surface area (Å²) >= 11 is 0. The lowest BCUT2D eigenvalue weighted by molar-refractivity contribution is 0.479. The molecule has 1 heterocycles. The van der Waals surface area contributed by atoms with Gasteiger partial charge in [-0.05, 0) is 37.3 Å². The molecule has 0 spiro atoms. The van der Waals surface area contributed by atoms with Crippen LogP contribution in [0, 0.1) is 11.3 Å². The summed E-state index contributed by atoms with van der Waals surface area (Å²) in [4.78, 5) is 0. The van der Waals surface area contributed by atoms with Crippen LogP contribution in [0.2, 0.25) is 0 Å². The predicted octanol–water partition coefficient (Wildman–Crippen LogP) is 3.42. The molecule has 2 N–H and O–H groups in total. The van der Waals surface area contributed by atoms with Gasteiger partial charge in [-0.2, -0.15) is 17.6 Å². The summed E-state index contributed by atoms with van der Waals surface area (Å²) in [5.74, 6) is 0.978. The topological polar surface area (TPSA) is 93.2 Å². The molecule has 0 aromatic heterocycles. The van der Waals surface area contributed by atoms with Crippen molar-refractivity contribution in [1.82, 2.24) is 3.89 Å². The summed E-state index contributed by atoms with van der Waals surface area (Å²) < 4.78 is 31.5. The highest BCUT2D eigenvalue weighted by Crippen LogP contribution is 2.35. The van der Waals surface area contributed by atoms with Gasteiger partial charge in [-0.3, -0.25) is 0 Å². The van der Waals surface area contributed by atoms with Crippen LogP contribution in [0.15, 0.2) is 72.5 Å². The van der Waals surface area contributed by atoms with E-state index in [1.165, 1.54) is 0 Å². The largest absolute Gasteiger partial charge is 0.456 e. The molecule has 6 nitrogen and oxygen atoms in total. The first-order valence-electron chi connectivity index (χ1n) is 8.92. The molecule has 0 aliphatic carbocycles. The van der Waals surface area contributed by atoms with Gasteiger partial charge in [-0.1, -0.05) is 18.2 Å². The first kappa shape index (κ1) is 19.8. The van der Waals surface area contributed by atoms with Crippen molar-refractivity contribution in [2.45, 2.75) is 6.92 Å². The third-order valence-corrected chi connectivity index (χ3v) is 6.88. The van der Waals surface area contributed by atoms with Crippen LogP contribution in [-0.4, -0.2) is 27.3 Å². The van der Waals surface area contributed by atoms with Gasteiger partial charge in [0.1, 0.15) is 30.3 Å². The second-order valence-corrected chi connectivity index (χ2v) is 8.76. The third-order valence-electron chi connectivity index (χ3n) is 4.69. The van der Waals surface area contributed by atoms with Gasteiger partial charge >= 0.3 is 10.0 Å². The van der Waals surface area contributed by atoms with Crippen molar-refractivity contribution in [3.63, 3.8) is 0 Å². The van der Waals surface area contributed by atoms with Gasteiger partial charge < -0.3 is 10.5 Å². The van der Waals surface area contributed by atoms with Crippen LogP contribution < -0.4 is 14.4 Å². The number of hydrogen-bond acceptors (Lipinski definition) is 5. The van der Waals surface area contributed by atoms with E-state index in [2.05, 4.69) is 6.07 Å². The van der Waals surface area contributed by atoms with E-state index in [9.17, 15) is 13.7 Å². The third kappa shape index (κ3) is 3.58. The van der Waals surface area contributed by atoms with Gasteiger partial charge in [-0.25, -0.2) is 0 Å². The first-order chi connectivity index (χ1) is 13.5. The Labute approximate surface area is 165 Å². The lowest BCUT2D eigenvalue weighted by Crippen LogP contribution is -2.51. The van der Waals surface area contributed by atoms with Crippen LogP contribution >= 0.6 is 0 Å². The SMILES string of the molecule is CCS(=O)(=O)[N+]1(c2ccc(Oc3ccccc3C#N)cc2)C=C(CN)C=CC1. The van der Waals surface area contributed by atoms with Gasteiger partial charge in [-0.15, -0.1) is 0 Å². The highest BCUT2D eigenvalue weighted by Gasteiger charge is 2.42. The Hall–Kier alpha value is -2.92. The Morgan fingerprint density at radius 2 is 1.89 bits per heavy atom. The smallest absolute Gasteiger partial charge is 0.306 e. The first-order valence-corrected chi connectivity index (χ1v) is 10.5. The molecule has 28 heavy (non-hydrogen) atoms. The summed E-state index contributed by atoms with van der Waals surface area (Å²) in [6, 6.07) is 15.9. The number of sulfonamides is 1. The van der Waals surface area contributed by atoms with Crippen LogP contribution in [0.5, 0.6) is 11.5 Å². The standard InChI is InChI=1S/C21H22N3O3S/c1-2-28(25,26)24(13-5-6-17(14-22)16-24)19-9-11-20(12-10-19)27-21-8-4-3-7-18(21)15-23/h3-12,16H,2,13-14,22H2,1H3/q+1. The van der Waals surface area contributed by atoms with Crippen molar-refractivity contribution in [3.8, 4) is 17.6 Å². The molecular formula is C21H22N3O3S+. The van der Waals surface area contributed by atoms with Gasteiger partial charge in [0.25, 0.3) is 0 Å². The van der Waals surface area contributed by atoms with E-state index in [0.717, 1.165) is 5.57 Å². The molecule has 7 heteroatoms. The van der Waals surface area contributed by atoms with Crippen LogP contribution in [0.1, 0.15) is 12.5 Å². The van der Waals surface area contributed by atoms with Crippen LogP contribution in [0.4, 0.5) is 5.69 Å². The summed E-state index contributed by atoms with van der Waals surface area (Å²) in [5, 5.41) is 9.19. The lowest BCUT2D eigenvalue weighted by Gasteiger charge is -2.34. The normalized spacial score (nSPS) is 19.0. The Morgan fingerprint density at radius 3 is 2.54 bits per heavy atom. The minimum absolute atomic E-state index is 0.00296. The molecular weight excluding hydrogens is 374 g/mol. The molecule has 1 atom stereocenters. The van der Waals surface area contributed by atoms with E-state index in [4.69, 9.17) is 10.5 Å². The molecule has 0 radical (unpaired) electrons. The van der Waals surface area contributed by atoms with Gasteiger partial charge in [0.15, 0.2) is 5.69 Å². The van der Waals surface area contributed by atoms with E-state index in [1.807, 2.05) is 12.2 Å². The fraction of sp³-hybridized carbons (Fsp3) is 0.190. The van der Waals surface area contributed by atoms with Crippen molar-refractivity contribution in [2.75, 3.05) is 18.8 Å². The minimum Gasteiger partial charge on any atom is -0.456 e. The molecule has 2 aromatic carbocycles. The summed E-state index contributed by atoms with van der Waals surface area (Å²) in [5.41, 5.74) is 7.56. The van der Waals surface area contributed by atoms with Gasteiger partial charge in [0, 0.05) is 24.3 Å². The molecule has 1 aliphatic rings. The summed E-state index contributed by atoms with van der Waals surface area (Å²) in [7, 11) is -3.49. The number of hydrogen-bond donors (Lipinski definition) is 1. The van der Waals surface area contributed by atoms with Crippen LogP contribution in [0.25, 0.3) is 0 Å². The Balaban J connectivity index is 1.99. The van der Waals surface area contributed by atoms with E-state index in [0.29, 0.717) is 29.3 Å². The van der Waals surface area contributed by atoms with E-state index >= 15 is 0 Å². The molecule has 1 aliphatic heterocycles. The van der Waals surface area contributed by atoms with Crippen LogP contribution in [-0.2, 0) is 10.0 Å². The van der Waals surface area contributed by atoms with Gasteiger partial charge in [0.05, 0.1) is 11.3 Å². The number of nitrogens with zero attached hydrogens (tertiary/aromatic N) is 2. The highest BCUT2D eigenvalue weighted by atomic mass is 32.2. The highest BCUT2D eigenvalue weighted by molar-refractivity contribution is 7.91. The summed E-state index contributed by atoms with van der Waals surface area (Å²) in [6.07, 6.45) is 5.40. The Bertz CT molecular complexity index is 1070. The number of ether oxygens (including phenoxy) is 1. The van der Waals surface area contributed by atoms with Crippen molar-refractivity contribution < 1.29 is 13.2 Å². The fourth-order valence-corrected chi connectivity index (χ4v) is 4.66. The average Bonchev–Trinajstić information content (AvgIpc) is 2.74. The molecule has 1 unspecified atom stereocenters. The maximum atomic E-state index is 13.0. The van der Waals surface area contributed by atoms with Gasteiger partial charge in [0.2, 0.25) is 0 Å². The Kier molecular flexibility index (Phi) is 5.66. The minimum atomic E-state index is -3.49. The second-order valence-electron chi connectivity index (χ2n) is 6.36. The van der Waals surface area contributed by atoms with Crippen molar-refractivity contribution >= 4 is 15.7 Å². The second kappa shape index (κ2) is 7.98. The quantitative estimate of drug-likeness (QED) is 0.755. The molecule has 0 saturated heterocycles. The van der Waals surface area contributed by atoms with E-state index in [1.54, 1.807) is 61.7 Å². The van der Waals surface area contributed by atoms with Crippen molar-refractivity contribution in [1.29, 1.82) is 5.26 Å². The number of para-hydroxylation sites is 1. The molecule has 144 valence electrons. The molecule has 0 amide bonds. The fourth-order valence-electron chi connectivity index (χ4n) is 3.15. The molecule has 0 bridgehead atoms. The number of quaternary nitrogens is 1.